The van der Waals surface area contributed by atoms with Gasteiger partial charge in [-0.3, -0.25) is 0 Å². The second kappa shape index (κ2) is 4.82. The van der Waals surface area contributed by atoms with Crippen molar-refractivity contribution in [3.05, 3.63) is 11.6 Å². The average molecular weight is 212 g/mol. The van der Waals surface area contributed by atoms with Crippen molar-refractivity contribution in [1.29, 1.82) is 0 Å². The number of nitrogens with zero attached hydrogens (tertiary/aromatic N) is 1. The van der Waals surface area contributed by atoms with Crippen molar-refractivity contribution < 1.29 is 14.3 Å². The zero-order chi connectivity index (χ0) is 11.4. The molecule has 0 aromatic rings. The lowest BCUT2D eigenvalue weighted by Crippen LogP contribution is -2.39. The normalized spacial score (nSPS) is 16.2. The smallest absolute Gasteiger partial charge is 0.359 e. The third kappa shape index (κ3) is 3.27. The predicted molar refractivity (Wildman–Crippen MR) is 55.2 cm³/mol. The average Bonchev–Trinajstić information content (AvgIpc) is 2.17. The standard InChI is InChI=1S/C10H16N2O3/c1-7(2)8-4-3-5-12(6-8)10(14)15-9(11)13/h4,7H,3,5-6H2,1-2H3,(H2,11,13). The Hall–Kier alpha value is -1.52. The van der Waals surface area contributed by atoms with Gasteiger partial charge >= 0.3 is 12.2 Å². The molecule has 2 amide bonds. The lowest BCUT2D eigenvalue weighted by Gasteiger charge is -2.27. The largest absolute Gasteiger partial charge is 0.419 e. The molecule has 0 saturated heterocycles. The van der Waals surface area contributed by atoms with E-state index < -0.39 is 12.2 Å². The number of rotatable bonds is 1. The van der Waals surface area contributed by atoms with E-state index in [2.05, 4.69) is 24.7 Å². The van der Waals surface area contributed by atoms with Gasteiger partial charge in [-0.05, 0) is 12.3 Å². The van der Waals surface area contributed by atoms with Gasteiger partial charge in [0.15, 0.2) is 0 Å². The van der Waals surface area contributed by atoms with Crippen LogP contribution in [-0.2, 0) is 4.74 Å². The molecule has 5 nitrogen and oxygen atoms in total. The summed E-state index contributed by atoms with van der Waals surface area (Å²) in [5.41, 5.74) is 5.95. The van der Waals surface area contributed by atoms with Crippen LogP contribution in [0, 0.1) is 5.92 Å². The Morgan fingerprint density at radius 1 is 1.53 bits per heavy atom. The van der Waals surface area contributed by atoms with Crippen LogP contribution in [0.3, 0.4) is 0 Å². The van der Waals surface area contributed by atoms with Crippen molar-refractivity contribution in [3.63, 3.8) is 0 Å². The van der Waals surface area contributed by atoms with E-state index in [9.17, 15) is 9.59 Å². The lowest BCUT2D eigenvalue weighted by atomic mass is 9.99. The van der Waals surface area contributed by atoms with E-state index >= 15 is 0 Å². The summed E-state index contributed by atoms with van der Waals surface area (Å²) in [6.45, 7) is 5.22. The number of carbonyl (C=O) groups is 2. The highest BCUT2D eigenvalue weighted by atomic mass is 16.6. The number of carbonyl (C=O) groups excluding carboxylic acids is 2. The van der Waals surface area contributed by atoms with E-state index in [4.69, 9.17) is 5.73 Å². The molecule has 0 radical (unpaired) electrons. The van der Waals surface area contributed by atoms with Gasteiger partial charge in [-0.2, -0.15) is 0 Å². The molecule has 5 heteroatoms. The van der Waals surface area contributed by atoms with Gasteiger partial charge in [0.25, 0.3) is 0 Å². The highest BCUT2D eigenvalue weighted by Crippen LogP contribution is 2.17. The Bertz CT molecular complexity index is 297. The molecule has 0 fully saturated rings. The molecule has 0 aliphatic carbocycles. The summed E-state index contributed by atoms with van der Waals surface area (Å²) in [6.07, 6.45) is 1.20. The van der Waals surface area contributed by atoms with Crippen LogP contribution in [-0.4, -0.2) is 30.2 Å². The molecule has 0 aromatic heterocycles. The molecule has 2 N–H and O–H groups in total. The minimum Gasteiger partial charge on any atom is -0.359 e. The van der Waals surface area contributed by atoms with Crippen molar-refractivity contribution in [3.8, 4) is 0 Å². The summed E-state index contributed by atoms with van der Waals surface area (Å²) in [6, 6.07) is 0. The van der Waals surface area contributed by atoms with Crippen LogP contribution in [0.25, 0.3) is 0 Å². The molecular weight excluding hydrogens is 196 g/mol. The second-order valence-electron chi connectivity index (χ2n) is 3.83. The monoisotopic (exact) mass is 212 g/mol. The zero-order valence-corrected chi connectivity index (χ0v) is 9.03. The van der Waals surface area contributed by atoms with E-state index in [-0.39, 0.29) is 0 Å². The molecule has 1 aliphatic rings. The molecule has 0 atom stereocenters. The molecule has 84 valence electrons. The van der Waals surface area contributed by atoms with Crippen molar-refractivity contribution in [1.82, 2.24) is 4.90 Å². The Labute approximate surface area is 88.9 Å². The third-order valence-electron chi connectivity index (χ3n) is 2.37. The van der Waals surface area contributed by atoms with Gasteiger partial charge in [-0.25, -0.2) is 9.59 Å². The van der Waals surface area contributed by atoms with Crippen LogP contribution in [0.5, 0.6) is 0 Å². The number of ether oxygens (including phenoxy) is 1. The maximum Gasteiger partial charge on any atom is 0.419 e. The molecule has 15 heavy (non-hydrogen) atoms. The quantitative estimate of drug-likeness (QED) is 0.528. The van der Waals surface area contributed by atoms with Crippen LogP contribution < -0.4 is 5.73 Å². The van der Waals surface area contributed by atoms with Crippen LogP contribution in [0.15, 0.2) is 11.6 Å². The first-order valence-electron chi connectivity index (χ1n) is 4.96. The predicted octanol–water partition coefficient (Wildman–Crippen LogP) is 1.49. The van der Waals surface area contributed by atoms with E-state index in [0.717, 1.165) is 6.42 Å². The minimum absolute atomic E-state index is 0.397. The van der Waals surface area contributed by atoms with Crippen molar-refractivity contribution >= 4 is 12.2 Å². The van der Waals surface area contributed by atoms with Crippen molar-refractivity contribution in [2.24, 2.45) is 11.7 Å². The fourth-order valence-corrected chi connectivity index (χ4v) is 1.49. The van der Waals surface area contributed by atoms with Crippen molar-refractivity contribution in [2.75, 3.05) is 13.1 Å². The summed E-state index contributed by atoms with van der Waals surface area (Å²) in [4.78, 5) is 23.2. The maximum absolute atomic E-state index is 11.4. The highest BCUT2D eigenvalue weighted by molar-refractivity contribution is 5.82. The first-order chi connectivity index (χ1) is 7.00. The summed E-state index contributed by atoms with van der Waals surface area (Å²) in [5, 5.41) is 0. The number of hydrogen-bond donors (Lipinski definition) is 1. The molecule has 0 spiro atoms. The Morgan fingerprint density at radius 2 is 2.20 bits per heavy atom. The van der Waals surface area contributed by atoms with Crippen LogP contribution in [0.4, 0.5) is 9.59 Å². The maximum atomic E-state index is 11.4. The molecule has 0 saturated carbocycles. The summed E-state index contributed by atoms with van der Waals surface area (Å²) < 4.78 is 4.32. The number of amides is 2. The molecular formula is C10H16N2O3. The topological polar surface area (TPSA) is 72.6 Å². The first kappa shape index (κ1) is 11.6. The van der Waals surface area contributed by atoms with Crippen LogP contribution >= 0.6 is 0 Å². The molecule has 1 aliphatic heterocycles. The fourth-order valence-electron chi connectivity index (χ4n) is 1.49. The van der Waals surface area contributed by atoms with Gasteiger partial charge in [0, 0.05) is 13.1 Å². The first-order valence-corrected chi connectivity index (χ1v) is 4.96. The SMILES string of the molecule is CC(C)C1=CCCN(C(=O)OC(N)=O)C1. The Kier molecular flexibility index (Phi) is 3.71. The summed E-state index contributed by atoms with van der Waals surface area (Å²) in [5.74, 6) is 0.397. The molecule has 1 rings (SSSR count). The summed E-state index contributed by atoms with van der Waals surface area (Å²) >= 11 is 0. The number of primary amides is 1. The van der Waals surface area contributed by atoms with E-state index in [1.165, 1.54) is 10.5 Å². The zero-order valence-electron chi connectivity index (χ0n) is 9.03. The van der Waals surface area contributed by atoms with Crippen molar-refractivity contribution in [2.45, 2.75) is 20.3 Å². The van der Waals surface area contributed by atoms with E-state index in [1.54, 1.807) is 0 Å². The number of hydrogen-bond acceptors (Lipinski definition) is 3. The minimum atomic E-state index is -1.05. The highest BCUT2D eigenvalue weighted by Gasteiger charge is 2.21. The van der Waals surface area contributed by atoms with Gasteiger partial charge in [0.2, 0.25) is 0 Å². The fraction of sp³-hybridized carbons (Fsp3) is 0.600. The van der Waals surface area contributed by atoms with Gasteiger partial charge in [0.05, 0.1) is 0 Å². The van der Waals surface area contributed by atoms with Gasteiger partial charge < -0.3 is 15.4 Å². The van der Waals surface area contributed by atoms with Crippen LogP contribution in [0.1, 0.15) is 20.3 Å². The van der Waals surface area contributed by atoms with Gasteiger partial charge in [-0.15, -0.1) is 0 Å². The summed E-state index contributed by atoms with van der Waals surface area (Å²) in [7, 11) is 0. The molecule has 0 aromatic carbocycles. The second-order valence-corrected chi connectivity index (χ2v) is 3.83. The number of nitrogens with two attached hydrogens (primary N) is 1. The van der Waals surface area contributed by atoms with E-state index in [1.807, 2.05) is 0 Å². The molecule has 1 heterocycles. The Morgan fingerprint density at radius 3 is 2.73 bits per heavy atom. The van der Waals surface area contributed by atoms with E-state index in [0.29, 0.717) is 19.0 Å². The third-order valence-corrected chi connectivity index (χ3v) is 2.37. The molecule has 0 bridgehead atoms. The molecule has 0 unspecified atom stereocenters. The lowest BCUT2D eigenvalue weighted by molar-refractivity contribution is 0.123. The Balaban J connectivity index is 2.56. The van der Waals surface area contributed by atoms with Gasteiger partial charge in [0.1, 0.15) is 0 Å². The van der Waals surface area contributed by atoms with Crippen LogP contribution in [0.2, 0.25) is 0 Å². The van der Waals surface area contributed by atoms with Gasteiger partial charge in [-0.1, -0.05) is 25.5 Å².